The zero-order valence-electron chi connectivity index (χ0n) is 15.8. The van der Waals surface area contributed by atoms with Gasteiger partial charge in [0.1, 0.15) is 4.88 Å². The summed E-state index contributed by atoms with van der Waals surface area (Å²) in [4.78, 5) is 25.7. The summed E-state index contributed by atoms with van der Waals surface area (Å²) < 4.78 is 0. The van der Waals surface area contributed by atoms with Gasteiger partial charge >= 0.3 is 5.97 Å². The molecule has 2 N–H and O–H groups in total. The van der Waals surface area contributed by atoms with Crippen LogP contribution in [0.25, 0.3) is 11.1 Å². The molecule has 0 radical (unpaired) electrons. The lowest BCUT2D eigenvalue weighted by molar-refractivity contribution is -0.116. The molecular weight excluding hydrogens is 370 g/mol. The Bertz CT molecular complexity index is 1050. The fourth-order valence-corrected chi connectivity index (χ4v) is 4.93. The van der Waals surface area contributed by atoms with Crippen LogP contribution in [0.5, 0.6) is 0 Å². The molecule has 4 nitrogen and oxygen atoms in total. The SMILES string of the molecule is CCc1ccc([C@@H]2CC(=O)Nc3c2sc(C(=O)O)c3-c2ccc(C)cc2)cc1. The number of anilines is 1. The highest BCUT2D eigenvalue weighted by Gasteiger charge is 2.34. The van der Waals surface area contributed by atoms with Gasteiger partial charge in [-0.15, -0.1) is 11.3 Å². The van der Waals surface area contributed by atoms with Gasteiger partial charge in [-0.2, -0.15) is 0 Å². The summed E-state index contributed by atoms with van der Waals surface area (Å²) >= 11 is 1.27. The smallest absolute Gasteiger partial charge is 0.346 e. The number of carbonyl (C=O) groups excluding carboxylic acids is 1. The van der Waals surface area contributed by atoms with Crippen LogP contribution < -0.4 is 5.32 Å². The number of amides is 1. The second kappa shape index (κ2) is 7.24. The first-order valence-electron chi connectivity index (χ1n) is 9.33. The molecule has 2 aromatic carbocycles. The van der Waals surface area contributed by atoms with Gasteiger partial charge in [-0.3, -0.25) is 4.79 Å². The predicted molar refractivity (Wildman–Crippen MR) is 112 cm³/mol. The second-order valence-corrected chi connectivity index (χ2v) is 8.17. The van der Waals surface area contributed by atoms with Crippen LogP contribution in [0.4, 0.5) is 5.69 Å². The molecule has 0 spiro atoms. The number of aromatic carboxylic acids is 1. The van der Waals surface area contributed by atoms with E-state index in [4.69, 9.17) is 0 Å². The number of aryl methyl sites for hydroxylation is 2. The van der Waals surface area contributed by atoms with Crippen LogP contribution in [0.2, 0.25) is 0 Å². The summed E-state index contributed by atoms with van der Waals surface area (Å²) in [5.74, 6) is -1.18. The first-order chi connectivity index (χ1) is 13.5. The molecule has 1 aliphatic rings. The standard InChI is InChI=1S/C23H21NO3S/c1-3-14-6-10-15(11-7-14)17-12-18(25)24-20-19(16-8-4-13(2)5-9-16)22(23(26)27)28-21(17)20/h4-11,17H,3,12H2,1-2H3,(H,24,25)(H,26,27)/t17-/m0/s1. The predicted octanol–water partition coefficient (Wildman–Crippen LogP) is 5.46. The van der Waals surface area contributed by atoms with Crippen LogP contribution in [-0.4, -0.2) is 17.0 Å². The Labute approximate surface area is 167 Å². The number of hydrogen-bond donors (Lipinski definition) is 2. The first kappa shape index (κ1) is 18.4. The molecule has 1 aromatic heterocycles. The van der Waals surface area contributed by atoms with Gasteiger partial charge in [-0.05, 0) is 30.0 Å². The quantitative estimate of drug-likeness (QED) is 0.621. The Kier molecular flexibility index (Phi) is 4.77. The van der Waals surface area contributed by atoms with Gasteiger partial charge in [0.15, 0.2) is 0 Å². The molecule has 0 aliphatic carbocycles. The molecule has 3 aromatic rings. The van der Waals surface area contributed by atoms with Crippen molar-refractivity contribution in [1.29, 1.82) is 0 Å². The van der Waals surface area contributed by atoms with Gasteiger partial charge in [0.2, 0.25) is 5.91 Å². The number of benzene rings is 2. The number of thiophene rings is 1. The van der Waals surface area contributed by atoms with Crippen molar-refractivity contribution in [3.63, 3.8) is 0 Å². The van der Waals surface area contributed by atoms with Crippen molar-refractivity contribution >= 4 is 28.9 Å². The highest BCUT2D eigenvalue weighted by molar-refractivity contribution is 7.15. The van der Waals surface area contributed by atoms with Crippen molar-refractivity contribution in [3.05, 3.63) is 75.0 Å². The molecule has 5 heteroatoms. The molecule has 1 amide bonds. The monoisotopic (exact) mass is 391 g/mol. The van der Waals surface area contributed by atoms with Gasteiger partial charge in [-0.1, -0.05) is 61.0 Å². The molecule has 0 fully saturated rings. The second-order valence-electron chi connectivity index (χ2n) is 7.12. The lowest BCUT2D eigenvalue weighted by atomic mass is 9.88. The summed E-state index contributed by atoms with van der Waals surface area (Å²) in [6, 6.07) is 16.0. The molecule has 2 heterocycles. The lowest BCUT2D eigenvalue weighted by Crippen LogP contribution is -2.22. The third-order valence-electron chi connectivity index (χ3n) is 5.23. The fourth-order valence-electron chi connectivity index (χ4n) is 3.69. The van der Waals surface area contributed by atoms with Crippen LogP contribution in [0.15, 0.2) is 48.5 Å². The number of hydrogen-bond acceptors (Lipinski definition) is 3. The Hall–Kier alpha value is -2.92. The number of nitrogens with one attached hydrogen (secondary N) is 1. The summed E-state index contributed by atoms with van der Waals surface area (Å²) in [6.07, 6.45) is 1.28. The minimum absolute atomic E-state index is 0.0832. The van der Waals surface area contributed by atoms with E-state index in [2.05, 4.69) is 36.5 Å². The van der Waals surface area contributed by atoms with Crippen LogP contribution in [-0.2, 0) is 11.2 Å². The van der Waals surface area contributed by atoms with E-state index < -0.39 is 5.97 Å². The summed E-state index contributed by atoms with van der Waals surface area (Å²) in [7, 11) is 0. The maximum atomic E-state index is 12.5. The molecule has 4 rings (SSSR count). The number of carbonyl (C=O) groups is 2. The zero-order valence-corrected chi connectivity index (χ0v) is 16.6. The van der Waals surface area contributed by atoms with Crippen molar-refractivity contribution in [2.24, 2.45) is 0 Å². The largest absolute Gasteiger partial charge is 0.477 e. The zero-order chi connectivity index (χ0) is 19.8. The van der Waals surface area contributed by atoms with E-state index in [1.165, 1.54) is 16.9 Å². The Morgan fingerprint density at radius 2 is 1.82 bits per heavy atom. The molecule has 0 bridgehead atoms. The van der Waals surface area contributed by atoms with Gasteiger partial charge < -0.3 is 10.4 Å². The Balaban J connectivity index is 1.89. The number of rotatable bonds is 4. The summed E-state index contributed by atoms with van der Waals surface area (Å²) in [6.45, 7) is 4.09. The Morgan fingerprint density at radius 1 is 1.14 bits per heavy atom. The van der Waals surface area contributed by atoms with Crippen molar-refractivity contribution in [3.8, 4) is 11.1 Å². The van der Waals surface area contributed by atoms with Crippen molar-refractivity contribution in [1.82, 2.24) is 0 Å². The third kappa shape index (κ3) is 3.22. The van der Waals surface area contributed by atoms with Gasteiger partial charge in [0.25, 0.3) is 0 Å². The van der Waals surface area contributed by atoms with Crippen LogP contribution >= 0.6 is 11.3 Å². The molecule has 0 unspecified atom stereocenters. The molecule has 0 saturated carbocycles. The highest BCUT2D eigenvalue weighted by Crippen LogP contribution is 2.49. The van der Waals surface area contributed by atoms with E-state index in [0.717, 1.165) is 28.0 Å². The van der Waals surface area contributed by atoms with E-state index in [9.17, 15) is 14.7 Å². The maximum Gasteiger partial charge on any atom is 0.346 e. The third-order valence-corrected chi connectivity index (χ3v) is 6.52. The maximum absolute atomic E-state index is 12.5. The highest BCUT2D eigenvalue weighted by atomic mass is 32.1. The number of carboxylic acid groups (broad SMARTS) is 1. The van der Waals surface area contributed by atoms with Crippen LogP contribution in [0.1, 0.15) is 50.5 Å². The lowest BCUT2D eigenvalue weighted by Gasteiger charge is -2.24. The van der Waals surface area contributed by atoms with E-state index in [1.807, 2.05) is 31.2 Å². The van der Waals surface area contributed by atoms with E-state index in [1.54, 1.807) is 0 Å². The molecule has 1 aliphatic heterocycles. The molecular formula is C23H21NO3S. The summed E-state index contributed by atoms with van der Waals surface area (Å²) in [5.41, 5.74) is 5.44. The van der Waals surface area contributed by atoms with Gasteiger partial charge in [0, 0.05) is 22.8 Å². The fraction of sp³-hybridized carbons (Fsp3) is 0.217. The van der Waals surface area contributed by atoms with Crippen molar-refractivity contribution in [2.75, 3.05) is 5.32 Å². The minimum Gasteiger partial charge on any atom is -0.477 e. The average Bonchev–Trinajstić information content (AvgIpc) is 3.07. The van der Waals surface area contributed by atoms with Crippen molar-refractivity contribution in [2.45, 2.75) is 32.6 Å². The molecule has 142 valence electrons. The van der Waals surface area contributed by atoms with Crippen LogP contribution in [0.3, 0.4) is 0 Å². The topological polar surface area (TPSA) is 66.4 Å². The van der Waals surface area contributed by atoms with E-state index in [-0.39, 0.29) is 16.7 Å². The molecule has 1 atom stereocenters. The van der Waals surface area contributed by atoms with Crippen molar-refractivity contribution < 1.29 is 14.7 Å². The molecule has 28 heavy (non-hydrogen) atoms. The van der Waals surface area contributed by atoms with E-state index in [0.29, 0.717) is 17.7 Å². The van der Waals surface area contributed by atoms with Crippen LogP contribution in [0, 0.1) is 6.92 Å². The first-order valence-corrected chi connectivity index (χ1v) is 10.1. The minimum atomic E-state index is -0.968. The number of fused-ring (bicyclic) bond motifs is 1. The number of carboxylic acids is 1. The molecule has 0 saturated heterocycles. The van der Waals surface area contributed by atoms with Gasteiger partial charge in [0.05, 0.1) is 5.69 Å². The Morgan fingerprint density at radius 3 is 2.43 bits per heavy atom. The normalized spacial score (nSPS) is 15.8. The summed E-state index contributed by atoms with van der Waals surface area (Å²) in [5, 5.41) is 12.8. The average molecular weight is 391 g/mol. The van der Waals surface area contributed by atoms with Gasteiger partial charge in [-0.25, -0.2) is 4.79 Å². The van der Waals surface area contributed by atoms with E-state index >= 15 is 0 Å².